The second-order valence-corrected chi connectivity index (χ2v) is 7.50. The summed E-state index contributed by atoms with van der Waals surface area (Å²) in [6, 6.07) is 12.1. The smallest absolute Gasteiger partial charge is 0.237 e. The van der Waals surface area contributed by atoms with E-state index in [0.29, 0.717) is 6.54 Å². The van der Waals surface area contributed by atoms with Gasteiger partial charge in [-0.2, -0.15) is 0 Å². The van der Waals surface area contributed by atoms with E-state index in [-0.39, 0.29) is 11.9 Å². The minimum Gasteiger partial charge on any atom is -0.495 e. The van der Waals surface area contributed by atoms with Crippen molar-refractivity contribution >= 4 is 17.4 Å². The van der Waals surface area contributed by atoms with Crippen LogP contribution in [0, 0.1) is 0 Å². The Morgan fingerprint density at radius 3 is 2.72 bits per heavy atom. The first kappa shape index (κ1) is 19.5. The van der Waals surface area contributed by atoms with Crippen LogP contribution in [0.3, 0.4) is 0 Å². The molecule has 7 nitrogen and oxygen atoms in total. The molecule has 2 fully saturated rings. The number of rotatable bonds is 6. The Morgan fingerprint density at radius 2 is 1.97 bits per heavy atom. The van der Waals surface area contributed by atoms with Gasteiger partial charge in [0.15, 0.2) is 0 Å². The number of ether oxygens (including phenoxy) is 1. The lowest BCUT2D eigenvalue weighted by molar-refractivity contribution is -0.122. The van der Waals surface area contributed by atoms with Gasteiger partial charge in [-0.15, -0.1) is 0 Å². The molecule has 2 aliphatic heterocycles. The molecule has 1 aromatic heterocycles. The summed E-state index contributed by atoms with van der Waals surface area (Å²) in [5.41, 5.74) is 2.19. The first-order chi connectivity index (χ1) is 14.3. The van der Waals surface area contributed by atoms with Crippen LogP contribution in [-0.4, -0.2) is 56.8 Å². The van der Waals surface area contributed by atoms with Gasteiger partial charge < -0.3 is 25.2 Å². The van der Waals surface area contributed by atoms with Crippen molar-refractivity contribution in [3.8, 4) is 5.75 Å². The van der Waals surface area contributed by atoms with Gasteiger partial charge in [0, 0.05) is 44.5 Å². The number of amides is 1. The molecule has 0 spiro atoms. The van der Waals surface area contributed by atoms with Gasteiger partial charge in [-0.3, -0.25) is 4.79 Å². The van der Waals surface area contributed by atoms with Crippen molar-refractivity contribution < 1.29 is 9.53 Å². The summed E-state index contributed by atoms with van der Waals surface area (Å²) < 4.78 is 5.51. The molecule has 1 amide bonds. The lowest BCUT2D eigenvalue weighted by Gasteiger charge is -2.37. The molecule has 2 aromatic rings. The number of anilines is 2. The lowest BCUT2D eigenvalue weighted by Crippen LogP contribution is -2.47. The third-order valence-electron chi connectivity index (χ3n) is 5.70. The maximum atomic E-state index is 12.3. The molecule has 1 aromatic carbocycles. The predicted octanol–water partition coefficient (Wildman–Crippen LogP) is 1.78. The highest BCUT2D eigenvalue weighted by Gasteiger charge is 2.24. The van der Waals surface area contributed by atoms with E-state index in [1.165, 1.54) is 0 Å². The number of hydrogen-bond donors (Lipinski definition) is 2. The highest BCUT2D eigenvalue weighted by Crippen LogP contribution is 2.29. The SMILES string of the molecule is COc1ccccc1N1CCN(c2ncccc2CNC(=O)[C@H]2CCCN2)CC1. The molecule has 1 atom stereocenters. The number of aromatic nitrogens is 1. The van der Waals surface area contributed by atoms with Crippen molar-refractivity contribution in [3.63, 3.8) is 0 Å². The van der Waals surface area contributed by atoms with Gasteiger partial charge in [0.05, 0.1) is 18.8 Å². The van der Waals surface area contributed by atoms with Gasteiger partial charge in [-0.05, 0) is 37.6 Å². The van der Waals surface area contributed by atoms with Crippen molar-refractivity contribution in [1.82, 2.24) is 15.6 Å². The number of hydrogen-bond acceptors (Lipinski definition) is 6. The van der Waals surface area contributed by atoms with E-state index in [1.807, 2.05) is 30.5 Å². The molecule has 0 aliphatic carbocycles. The van der Waals surface area contributed by atoms with Crippen LogP contribution in [0.2, 0.25) is 0 Å². The van der Waals surface area contributed by atoms with E-state index in [9.17, 15) is 4.79 Å². The second-order valence-electron chi connectivity index (χ2n) is 7.50. The fourth-order valence-corrected chi connectivity index (χ4v) is 4.12. The van der Waals surface area contributed by atoms with E-state index in [4.69, 9.17) is 4.74 Å². The van der Waals surface area contributed by atoms with Crippen LogP contribution in [0.5, 0.6) is 5.75 Å². The van der Waals surface area contributed by atoms with Crippen LogP contribution < -0.4 is 25.2 Å². The van der Waals surface area contributed by atoms with Gasteiger partial charge >= 0.3 is 0 Å². The molecule has 2 aliphatic rings. The monoisotopic (exact) mass is 395 g/mol. The average molecular weight is 396 g/mol. The summed E-state index contributed by atoms with van der Waals surface area (Å²) in [5.74, 6) is 1.95. The first-order valence-electron chi connectivity index (χ1n) is 10.3. The molecule has 2 N–H and O–H groups in total. The zero-order chi connectivity index (χ0) is 20.1. The van der Waals surface area contributed by atoms with Crippen molar-refractivity contribution in [2.24, 2.45) is 0 Å². The number of para-hydroxylation sites is 2. The number of pyridine rings is 1. The van der Waals surface area contributed by atoms with Crippen LogP contribution in [-0.2, 0) is 11.3 Å². The summed E-state index contributed by atoms with van der Waals surface area (Å²) in [4.78, 5) is 21.6. The second kappa shape index (κ2) is 9.13. The van der Waals surface area contributed by atoms with Crippen molar-refractivity contribution in [2.45, 2.75) is 25.4 Å². The molecule has 154 valence electrons. The maximum absolute atomic E-state index is 12.3. The summed E-state index contributed by atoms with van der Waals surface area (Å²) in [5, 5.41) is 6.32. The molecule has 29 heavy (non-hydrogen) atoms. The van der Waals surface area contributed by atoms with Crippen LogP contribution in [0.1, 0.15) is 18.4 Å². The third-order valence-corrected chi connectivity index (χ3v) is 5.70. The molecular formula is C22H29N5O2. The summed E-state index contributed by atoms with van der Waals surface area (Å²) in [6.45, 7) is 4.98. The van der Waals surface area contributed by atoms with E-state index in [0.717, 1.165) is 68.4 Å². The van der Waals surface area contributed by atoms with Gasteiger partial charge in [0.25, 0.3) is 0 Å². The Kier molecular flexibility index (Phi) is 6.14. The predicted molar refractivity (Wildman–Crippen MR) is 115 cm³/mol. The summed E-state index contributed by atoms with van der Waals surface area (Å²) in [6.07, 6.45) is 3.80. The summed E-state index contributed by atoms with van der Waals surface area (Å²) in [7, 11) is 1.71. The molecule has 3 heterocycles. The standard InChI is InChI=1S/C22H29N5O2/c1-29-20-9-3-2-8-19(20)26-12-14-27(15-13-26)21-17(6-4-11-24-21)16-25-22(28)18-7-5-10-23-18/h2-4,6,8-9,11,18,23H,5,7,10,12-16H2,1H3,(H,25,28)/t18-/m1/s1. The number of benzene rings is 1. The van der Waals surface area contributed by atoms with E-state index >= 15 is 0 Å². The van der Waals surface area contributed by atoms with E-state index < -0.39 is 0 Å². The number of piperazine rings is 1. The fraction of sp³-hybridized carbons (Fsp3) is 0.455. The highest BCUT2D eigenvalue weighted by atomic mass is 16.5. The maximum Gasteiger partial charge on any atom is 0.237 e. The normalized spacial score (nSPS) is 19.3. The highest BCUT2D eigenvalue weighted by molar-refractivity contribution is 5.82. The number of carbonyl (C=O) groups excluding carboxylic acids is 1. The molecular weight excluding hydrogens is 366 g/mol. The largest absolute Gasteiger partial charge is 0.495 e. The van der Waals surface area contributed by atoms with Crippen molar-refractivity contribution in [1.29, 1.82) is 0 Å². The van der Waals surface area contributed by atoms with Crippen molar-refractivity contribution in [2.75, 3.05) is 49.6 Å². The fourth-order valence-electron chi connectivity index (χ4n) is 4.12. The van der Waals surface area contributed by atoms with Crippen LogP contribution in [0.4, 0.5) is 11.5 Å². The first-order valence-corrected chi connectivity index (χ1v) is 10.3. The molecule has 7 heteroatoms. The molecule has 4 rings (SSSR count). The van der Waals surface area contributed by atoms with Crippen LogP contribution in [0.25, 0.3) is 0 Å². The van der Waals surface area contributed by atoms with Gasteiger partial charge in [0.1, 0.15) is 11.6 Å². The molecule has 0 radical (unpaired) electrons. The van der Waals surface area contributed by atoms with Crippen molar-refractivity contribution in [3.05, 3.63) is 48.2 Å². The van der Waals surface area contributed by atoms with Gasteiger partial charge in [0.2, 0.25) is 5.91 Å². The molecule has 0 unspecified atom stereocenters. The van der Waals surface area contributed by atoms with E-state index in [1.54, 1.807) is 7.11 Å². The Labute approximate surface area is 172 Å². The average Bonchev–Trinajstić information content (AvgIpc) is 3.33. The quantitative estimate of drug-likeness (QED) is 0.777. The lowest BCUT2D eigenvalue weighted by atomic mass is 10.2. The number of nitrogens with zero attached hydrogens (tertiary/aromatic N) is 3. The summed E-state index contributed by atoms with van der Waals surface area (Å²) >= 11 is 0. The Bertz CT molecular complexity index is 829. The number of nitrogens with one attached hydrogen (secondary N) is 2. The topological polar surface area (TPSA) is 69.7 Å². The Morgan fingerprint density at radius 1 is 1.17 bits per heavy atom. The van der Waals surface area contributed by atoms with Crippen LogP contribution >= 0.6 is 0 Å². The number of carbonyl (C=O) groups is 1. The zero-order valence-corrected chi connectivity index (χ0v) is 16.9. The van der Waals surface area contributed by atoms with E-state index in [2.05, 4.69) is 37.6 Å². The van der Waals surface area contributed by atoms with Crippen LogP contribution in [0.15, 0.2) is 42.6 Å². The molecule has 0 saturated carbocycles. The van der Waals surface area contributed by atoms with Gasteiger partial charge in [-0.25, -0.2) is 4.98 Å². The number of methoxy groups -OCH3 is 1. The minimum absolute atomic E-state index is 0.0560. The Hall–Kier alpha value is -2.80. The minimum atomic E-state index is -0.0560. The molecule has 2 saturated heterocycles. The zero-order valence-electron chi connectivity index (χ0n) is 16.9. The molecule has 0 bridgehead atoms. The van der Waals surface area contributed by atoms with Gasteiger partial charge in [-0.1, -0.05) is 18.2 Å². The Balaban J connectivity index is 1.39. The third kappa shape index (κ3) is 4.45.